The molecule has 2 aliphatic carbocycles. The Hall–Kier alpha value is -0.113. The summed E-state index contributed by atoms with van der Waals surface area (Å²) in [7, 11) is -0.882. The Morgan fingerprint density at radius 3 is 2.65 bits per heavy atom. The first-order valence-electron chi connectivity index (χ1n) is 8.77. The molecule has 0 aromatic rings. The van der Waals surface area contributed by atoms with Crippen molar-refractivity contribution in [2.75, 3.05) is 0 Å². The summed E-state index contributed by atoms with van der Waals surface area (Å²) in [6, 6.07) is 1.46. The molecule has 2 fully saturated rings. The van der Waals surface area contributed by atoms with Gasteiger partial charge in [0, 0.05) is 20.4 Å². The van der Waals surface area contributed by atoms with E-state index in [9.17, 15) is 4.79 Å². The standard InChI is InChI=1S/C18H34OSi/c1-14(8-7-13-20(3,4)5)15-10-11-16-17(19)9-6-12-18(15,16)2/h14-16H,6-13H2,1-5H3/t14-,15-,16+,18-/m1/s1. The fourth-order valence-electron chi connectivity index (χ4n) is 5.06. The number of hydrogen-bond acceptors (Lipinski definition) is 1. The molecule has 0 radical (unpaired) electrons. The van der Waals surface area contributed by atoms with Gasteiger partial charge in [-0.15, -0.1) is 0 Å². The number of Topliss-reactive ketones (excluding diaryl/α,β-unsaturated/α-hetero) is 1. The Bertz CT molecular complexity index is 357. The fraction of sp³-hybridized carbons (Fsp3) is 0.944. The lowest BCUT2D eigenvalue weighted by atomic mass is 9.62. The van der Waals surface area contributed by atoms with Gasteiger partial charge in [0.2, 0.25) is 0 Å². The summed E-state index contributed by atoms with van der Waals surface area (Å²) >= 11 is 0. The summed E-state index contributed by atoms with van der Waals surface area (Å²) in [5.74, 6) is 2.60. The first-order valence-corrected chi connectivity index (χ1v) is 12.5. The highest BCUT2D eigenvalue weighted by molar-refractivity contribution is 6.76. The Morgan fingerprint density at radius 1 is 1.30 bits per heavy atom. The molecule has 1 nitrogen and oxygen atoms in total. The SMILES string of the molecule is C[C@H](CCC[Si](C)(C)C)[C@H]1CC[C@H]2C(=O)CCC[C@]12C. The second-order valence-electron chi connectivity index (χ2n) is 8.99. The van der Waals surface area contributed by atoms with Crippen LogP contribution in [-0.4, -0.2) is 13.9 Å². The van der Waals surface area contributed by atoms with Crippen LogP contribution in [0.3, 0.4) is 0 Å². The minimum absolute atomic E-state index is 0.341. The molecule has 2 rings (SSSR count). The summed E-state index contributed by atoms with van der Waals surface area (Å²) < 4.78 is 0. The highest BCUT2D eigenvalue weighted by Crippen LogP contribution is 2.57. The van der Waals surface area contributed by atoms with Gasteiger partial charge in [0.25, 0.3) is 0 Å². The van der Waals surface area contributed by atoms with E-state index < -0.39 is 8.07 Å². The minimum Gasteiger partial charge on any atom is -0.299 e. The van der Waals surface area contributed by atoms with Crippen molar-refractivity contribution in [1.29, 1.82) is 0 Å². The van der Waals surface area contributed by atoms with E-state index in [1.807, 2.05) is 0 Å². The van der Waals surface area contributed by atoms with Gasteiger partial charge in [-0.1, -0.05) is 52.4 Å². The third-order valence-corrected chi connectivity index (χ3v) is 8.06. The second kappa shape index (κ2) is 5.94. The third kappa shape index (κ3) is 3.37. The van der Waals surface area contributed by atoms with Crippen LogP contribution in [-0.2, 0) is 4.79 Å². The zero-order valence-electron chi connectivity index (χ0n) is 14.3. The van der Waals surface area contributed by atoms with Crippen molar-refractivity contribution in [1.82, 2.24) is 0 Å². The van der Waals surface area contributed by atoms with E-state index in [1.165, 1.54) is 38.1 Å². The van der Waals surface area contributed by atoms with Crippen LogP contribution < -0.4 is 0 Å². The zero-order valence-corrected chi connectivity index (χ0v) is 15.3. The van der Waals surface area contributed by atoms with Crippen molar-refractivity contribution >= 4 is 13.9 Å². The number of carbonyl (C=O) groups is 1. The summed E-state index contributed by atoms with van der Waals surface area (Å²) in [5.41, 5.74) is 0.341. The Balaban J connectivity index is 1.93. The molecule has 2 heteroatoms. The van der Waals surface area contributed by atoms with Crippen molar-refractivity contribution in [2.45, 2.75) is 84.5 Å². The predicted octanol–water partition coefficient (Wildman–Crippen LogP) is 5.53. The van der Waals surface area contributed by atoms with Gasteiger partial charge in [-0.05, 0) is 42.9 Å². The van der Waals surface area contributed by atoms with Gasteiger partial charge >= 0.3 is 0 Å². The molecule has 0 heterocycles. The van der Waals surface area contributed by atoms with Crippen LogP contribution in [0.5, 0.6) is 0 Å². The average Bonchev–Trinajstić information content (AvgIpc) is 2.66. The van der Waals surface area contributed by atoms with Crippen LogP contribution in [0.4, 0.5) is 0 Å². The van der Waals surface area contributed by atoms with Gasteiger partial charge in [-0.2, -0.15) is 0 Å². The van der Waals surface area contributed by atoms with E-state index >= 15 is 0 Å². The van der Waals surface area contributed by atoms with Crippen LogP contribution >= 0.6 is 0 Å². The normalized spacial score (nSPS) is 36.0. The highest BCUT2D eigenvalue weighted by atomic mass is 28.3. The summed E-state index contributed by atoms with van der Waals surface area (Å²) in [6.07, 6.45) is 8.57. The van der Waals surface area contributed by atoms with Gasteiger partial charge in [0.15, 0.2) is 0 Å². The first-order chi connectivity index (χ1) is 9.24. The molecule has 0 spiro atoms. The van der Waals surface area contributed by atoms with Crippen LogP contribution in [0.1, 0.15) is 58.8 Å². The maximum absolute atomic E-state index is 12.2. The fourth-order valence-corrected chi connectivity index (χ4v) is 6.33. The summed E-state index contributed by atoms with van der Waals surface area (Å²) in [4.78, 5) is 12.2. The number of fused-ring (bicyclic) bond motifs is 1. The number of carbonyl (C=O) groups excluding carboxylic acids is 1. The quantitative estimate of drug-likeness (QED) is 0.610. The van der Waals surface area contributed by atoms with Crippen molar-refractivity contribution in [3.05, 3.63) is 0 Å². The maximum atomic E-state index is 12.2. The van der Waals surface area contributed by atoms with Gasteiger partial charge in [-0.25, -0.2) is 0 Å². The smallest absolute Gasteiger partial charge is 0.136 e. The van der Waals surface area contributed by atoms with E-state index in [1.54, 1.807) is 0 Å². The molecular weight excluding hydrogens is 260 g/mol. The topological polar surface area (TPSA) is 17.1 Å². The van der Waals surface area contributed by atoms with Crippen LogP contribution in [0.25, 0.3) is 0 Å². The average molecular weight is 295 g/mol. The van der Waals surface area contributed by atoms with Gasteiger partial charge in [0.1, 0.15) is 5.78 Å². The van der Waals surface area contributed by atoms with Crippen LogP contribution in [0.15, 0.2) is 0 Å². The molecular formula is C18H34OSi. The number of hydrogen-bond donors (Lipinski definition) is 0. The maximum Gasteiger partial charge on any atom is 0.136 e. The second-order valence-corrected chi connectivity index (χ2v) is 14.6. The molecule has 4 atom stereocenters. The lowest BCUT2D eigenvalue weighted by Crippen LogP contribution is -2.39. The molecule has 2 aliphatic rings. The van der Waals surface area contributed by atoms with E-state index in [0.717, 1.165) is 24.7 Å². The minimum atomic E-state index is -0.882. The lowest BCUT2D eigenvalue weighted by molar-refractivity contribution is -0.130. The lowest BCUT2D eigenvalue weighted by Gasteiger charge is -2.42. The van der Waals surface area contributed by atoms with E-state index in [-0.39, 0.29) is 0 Å². The largest absolute Gasteiger partial charge is 0.299 e. The molecule has 0 bridgehead atoms. The van der Waals surface area contributed by atoms with Crippen molar-refractivity contribution in [2.24, 2.45) is 23.2 Å². The molecule has 116 valence electrons. The molecule has 0 aromatic carbocycles. The van der Waals surface area contributed by atoms with Crippen LogP contribution in [0.2, 0.25) is 25.7 Å². The Morgan fingerprint density at radius 2 is 2.00 bits per heavy atom. The van der Waals surface area contributed by atoms with Gasteiger partial charge in [0.05, 0.1) is 0 Å². The molecule has 2 saturated carbocycles. The van der Waals surface area contributed by atoms with E-state index in [4.69, 9.17) is 0 Å². The molecule has 0 unspecified atom stereocenters. The third-order valence-electron chi connectivity index (χ3n) is 6.21. The highest BCUT2D eigenvalue weighted by Gasteiger charge is 2.52. The van der Waals surface area contributed by atoms with Gasteiger partial charge < -0.3 is 0 Å². The number of rotatable bonds is 5. The molecule has 0 amide bonds. The summed E-state index contributed by atoms with van der Waals surface area (Å²) in [5, 5.41) is 0. The van der Waals surface area contributed by atoms with E-state index in [0.29, 0.717) is 17.1 Å². The Kier molecular flexibility index (Phi) is 4.83. The molecule has 0 saturated heterocycles. The van der Waals surface area contributed by atoms with Crippen molar-refractivity contribution in [3.8, 4) is 0 Å². The zero-order chi connectivity index (χ0) is 15.0. The predicted molar refractivity (Wildman–Crippen MR) is 89.7 cm³/mol. The first kappa shape index (κ1) is 16.3. The van der Waals surface area contributed by atoms with Crippen molar-refractivity contribution < 1.29 is 4.79 Å². The van der Waals surface area contributed by atoms with Crippen LogP contribution in [0, 0.1) is 23.2 Å². The van der Waals surface area contributed by atoms with Crippen molar-refractivity contribution in [3.63, 3.8) is 0 Å². The molecule has 0 N–H and O–H groups in total. The van der Waals surface area contributed by atoms with E-state index in [2.05, 4.69) is 33.5 Å². The molecule has 20 heavy (non-hydrogen) atoms. The summed E-state index contributed by atoms with van der Waals surface area (Å²) in [6.45, 7) is 12.3. The molecule has 0 aliphatic heterocycles. The molecule has 0 aromatic heterocycles. The monoisotopic (exact) mass is 294 g/mol. The number of ketones is 1. The van der Waals surface area contributed by atoms with Gasteiger partial charge in [-0.3, -0.25) is 4.79 Å². The Labute approximate surface area is 126 Å².